The van der Waals surface area contributed by atoms with Crippen LogP contribution in [0.4, 0.5) is 0 Å². The third-order valence-electron chi connectivity index (χ3n) is 4.33. The number of ether oxygens (including phenoxy) is 1. The summed E-state index contributed by atoms with van der Waals surface area (Å²) in [7, 11) is 1.49. The van der Waals surface area contributed by atoms with Crippen LogP contribution in [-0.2, 0) is 9.53 Å². The molecule has 0 heterocycles. The predicted molar refractivity (Wildman–Crippen MR) is 79.2 cm³/mol. The van der Waals surface area contributed by atoms with Gasteiger partial charge in [-0.1, -0.05) is 32.0 Å². The smallest absolute Gasteiger partial charge is 0.309 e. The van der Waals surface area contributed by atoms with Gasteiger partial charge in [-0.05, 0) is 42.1 Å². The minimum atomic E-state index is -0.0292. The van der Waals surface area contributed by atoms with Gasteiger partial charge in [0.05, 0.1) is 13.0 Å². The van der Waals surface area contributed by atoms with Crippen molar-refractivity contribution < 1.29 is 9.53 Å². The zero-order valence-electron chi connectivity index (χ0n) is 11.9. The van der Waals surface area contributed by atoms with Crippen LogP contribution in [0, 0.1) is 17.3 Å². The van der Waals surface area contributed by atoms with E-state index >= 15 is 0 Å². The minimum absolute atomic E-state index is 0.0292. The van der Waals surface area contributed by atoms with Crippen LogP contribution < -0.4 is 0 Å². The zero-order chi connectivity index (χ0) is 13.9. The summed E-state index contributed by atoms with van der Waals surface area (Å²) < 4.78 is 4.90. The van der Waals surface area contributed by atoms with Gasteiger partial charge in [0.1, 0.15) is 0 Å². The average molecular weight is 278 g/mol. The number of thioether (sulfide) groups is 1. The monoisotopic (exact) mass is 278 g/mol. The van der Waals surface area contributed by atoms with E-state index in [1.54, 1.807) is 0 Å². The Kier molecular flexibility index (Phi) is 4.56. The largest absolute Gasteiger partial charge is 0.469 e. The fourth-order valence-electron chi connectivity index (χ4n) is 2.86. The molecular formula is C16H22O2S. The topological polar surface area (TPSA) is 26.3 Å². The highest BCUT2D eigenvalue weighted by molar-refractivity contribution is 7.99. The minimum Gasteiger partial charge on any atom is -0.469 e. The quantitative estimate of drug-likeness (QED) is 0.581. The molecule has 3 heteroatoms. The van der Waals surface area contributed by atoms with Crippen LogP contribution in [0.25, 0.3) is 0 Å². The van der Waals surface area contributed by atoms with E-state index in [9.17, 15) is 4.79 Å². The molecule has 1 saturated carbocycles. The van der Waals surface area contributed by atoms with E-state index in [-0.39, 0.29) is 17.3 Å². The Labute approximate surface area is 119 Å². The third-order valence-corrected chi connectivity index (χ3v) is 5.35. The SMILES string of the molecule is COC(=O)C1CC1(CCSc1ccccc1)C(C)C. The molecule has 0 radical (unpaired) electrons. The lowest BCUT2D eigenvalue weighted by atomic mass is 9.87. The number of benzene rings is 1. The van der Waals surface area contributed by atoms with Crippen molar-refractivity contribution in [3.63, 3.8) is 0 Å². The van der Waals surface area contributed by atoms with Crippen LogP contribution in [0.2, 0.25) is 0 Å². The first-order valence-electron chi connectivity index (χ1n) is 6.86. The van der Waals surface area contributed by atoms with Crippen LogP contribution >= 0.6 is 11.8 Å². The molecule has 2 atom stereocenters. The summed E-state index contributed by atoms with van der Waals surface area (Å²) in [4.78, 5) is 13.0. The maximum absolute atomic E-state index is 11.7. The van der Waals surface area contributed by atoms with Gasteiger partial charge in [-0.3, -0.25) is 4.79 Å². The Morgan fingerprint density at radius 1 is 1.42 bits per heavy atom. The van der Waals surface area contributed by atoms with Gasteiger partial charge in [0.2, 0.25) is 0 Å². The Morgan fingerprint density at radius 2 is 2.11 bits per heavy atom. The van der Waals surface area contributed by atoms with Crippen molar-refractivity contribution in [1.29, 1.82) is 0 Å². The molecule has 0 aromatic heterocycles. The number of methoxy groups -OCH3 is 1. The highest BCUT2D eigenvalue weighted by atomic mass is 32.2. The van der Waals surface area contributed by atoms with Crippen LogP contribution in [0.5, 0.6) is 0 Å². The van der Waals surface area contributed by atoms with Crippen molar-refractivity contribution in [2.45, 2.75) is 31.6 Å². The lowest BCUT2D eigenvalue weighted by Gasteiger charge is -2.21. The highest BCUT2D eigenvalue weighted by Gasteiger charge is 2.59. The van der Waals surface area contributed by atoms with Gasteiger partial charge >= 0.3 is 5.97 Å². The Hall–Kier alpha value is -0.960. The molecular weight excluding hydrogens is 256 g/mol. The fourth-order valence-corrected chi connectivity index (χ4v) is 3.93. The molecule has 0 spiro atoms. The average Bonchev–Trinajstić information content (AvgIpc) is 3.15. The van der Waals surface area contributed by atoms with Crippen molar-refractivity contribution in [2.75, 3.05) is 12.9 Å². The molecule has 19 heavy (non-hydrogen) atoms. The van der Waals surface area contributed by atoms with Crippen LogP contribution in [-0.4, -0.2) is 18.8 Å². The number of rotatable bonds is 6. The molecule has 0 saturated heterocycles. The summed E-state index contributed by atoms with van der Waals surface area (Å²) in [6.07, 6.45) is 2.08. The summed E-state index contributed by atoms with van der Waals surface area (Å²) in [6.45, 7) is 4.44. The first kappa shape index (κ1) is 14.4. The number of carbonyl (C=O) groups excluding carboxylic acids is 1. The molecule has 1 aliphatic rings. The molecule has 2 unspecified atom stereocenters. The number of carbonyl (C=O) groups is 1. The first-order chi connectivity index (χ1) is 9.10. The molecule has 1 fully saturated rings. The van der Waals surface area contributed by atoms with Crippen molar-refractivity contribution in [3.05, 3.63) is 30.3 Å². The van der Waals surface area contributed by atoms with E-state index < -0.39 is 0 Å². The molecule has 2 nitrogen and oxygen atoms in total. The number of hydrogen-bond donors (Lipinski definition) is 0. The molecule has 0 N–H and O–H groups in total. The zero-order valence-corrected chi connectivity index (χ0v) is 12.7. The summed E-state index contributed by atoms with van der Waals surface area (Å²) in [5, 5.41) is 0. The second-order valence-electron chi connectivity index (χ2n) is 5.58. The van der Waals surface area contributed by atoms with E-state index in [0.717, 1.165) is 18.6 Å². The van der Waals surface area contributed by atoms with Crippen molar-refractivity contribution >= 4 is 17.7 Å². The first-order valence-corrected chi connectivity index (χ1v) is 7.84. The van der Waals surface area contributed by atoms with Crippen molar-refractivity contribution in [2.24, 2.45) is 17.3 Å². The van der Waals surface area contributed by atoms with Crippen LogP contribution in [0.15, 0.2) is 35.2 Å². The molecule has 1 aliphatic carbocycles. The fraction of sp³-hybridized carbons (Fsp3) is 0.562. The van der Waals surface area contributed by atoms with E-state index in [4.69, 9.17) is 4.74 Å². The van der Waals surface area contributed by atoms with Gasteiger partial charge in [0.15, 0.2) is 0 Å². The Bertz CT molecular complexity index is 430. The highest BCUT2D eigenvalue weighted by Crippen LogP contribution is 2.61. The lowest BCUT2D eigenvalue weighted by molar-refractivity contribution is -0.143. The predicted octanol–water partition coefficient (Wildman–Crippen LogP) is 4.00. The molecule has 0 aliphatic heterocycles. The normalized spacial score (nSPS) is 25.4. The second kappa shape index (κ2) is 6.00. The molecule has 1 aromatic carbocycles. The van der Waals surface area contributed by atoms with E-state index in [1.165, 1.54) is 12.0 Å². The third kappa shape index (κ3) is 3.14. The van der Waals surface area contributed by atoms with E-state index in [0.29, 0.717) is 5.92 Å². The molecule has 0 amide bonds. The number of hydrogen-bond acceptors (Lipinski definition) is 3. The maximum atomic E-state index is 11.7. The van der Waals surface area contributed by atoms with E-state index in [1.807, 2.05) is 17.8 Å². The summed E-state index contributed by atoms with van der Waals surface area (Å²) >= 11 is 1.87. The molecule has 104 valence electrons. The van der Waals surface area contributed by atoms with Gasteiger partial charge in [0.25, 0.3) is 0 Å². The van der Waals surface area contributed by atoms with Crippen LogP contribution in [0.3, 0.4) is 0 Å². The number of esters is 1. The summed E-state index contributed by atoms with van der Waals surface area (Å²) in [5.41, 5.74) is 0.175. The molecule has 1 aromatic rings. The lowest BCUT2D eigenvalue weighted by Crippen LogP contribution is -2.18. The molecule has 2 rings (SSSR count). The van der Waals surface area contributed by atoms with Gasteiger partial charge in [-0.15, -0.1) is 11.8 Å². The van der Waals surface area contributed by atoms with Gasteiger partial charge in [-0.25, -0.2) is 0 Å². The molecule has 0 bridgehead atoms. The van der Waals surface area contributed by atoms with Crippen molar-refractivity contribution in [1.82, 2.24) is 0 Å². The Balaban J connectivity index is 1.88. The maximum Gasteiger partial charge on any atom is 0.309 e. The summed E-state index contributed by atoms with van der Waals surface area (Å²) in [6, 6.07) is 10.4. The van der Waals surface area contributed by atoms with Gasteiger partial charge in [-0.2, -0.15) is 0 Å². The van der Waals surface area contributed by atoms with E-state index in [2.05, 4.69) is 38.1 Å². The summed E-state index contributed by atoms with van der Waals surface area (Å²) in [5.74, 6) is 1.69. The van der Waals surface area contributed by atoms with Crippen LogP contribution in [0.1, 0.15) is 26.7 Å². The standard InChI is InChI=1S/C16H22O2S/c1-12(2)16(11-14(16)15(17)18-3)9-10-19-13-7-5-4-6-8-13/h4-8,12,14H,9-11H2,1-3H3. The second-order valence-corrected chi connectivity index (χ2v) is 6.75. The van der Waals surface area contributed by atoms with Gasteiger partial charge < -0.3 is 4.74 Å². The van der Waals surface area contributed by atoms with Gasteiger partial charge in [0, 0.05) is 4.90 Å². The van der Waals surface area contributed by atoms with Crippen molar-refractivity contribution in [3.8, 4) is 0 Å². The Morgan fingerprint density at radius 3 is 2.68 bits per heavy atom.